The maximum absolute atomic E-state index is 5.97. The van der Waals surface area contributed by atoms with E-state index in [0.29, 0.717) is 31.8 Å². The van der Waals surface area contributed by atoms with Crippen LogP contribution in [0.1, 0.15) is 35.4 Å². The molecular weight excluding hydrogens is 462 g/mol. The second-order valence-corrected chi connectivity index (χ2v) is 9.62. The van der Waals surface area contributed by atoms with Crippen molar-refractivity contribution in [1.82, 2.24) is 15.6 Å². The van der Waals surface area contributed by atoms with Crippen LogP contribution in [0.3, 0.4) is 0 Å². The summed E-state index contributed by atoms with van der Waals surface area (Å²) in [5, 5.41) is 8.62. The highest BCUT2D eigenvalue weighted by Crippen LogP contribution is 2.28. The van der Waals surface area contributed by atoms with E-state index in [1.165, 1.54) is 22.0 Å². The molecule has 4 aromatic rings. The predicted octanol–water partition coefficient (Wildman–Crippen LogP) is 5.40. The fraction of sp³-hybridized carbons (Fsp3) is 0.355. The molecule has 2 atom stereocenters. The van der Waals surface area contributed by atoms with Gasteiger partial charge in [-0.25, -0.2) is 0 Å². The zero-order chi connectivity index (χ0) is 25.3. The molecule has 2 heterocycles. The van der Waals surface area contributed by atoms with Crippen LogP contribution in [0.25, 0.3) is 10.9 Å². The van der Waals surface area contributed by atoms with Gasteiger partial charge in [-0.05, 0) is 65.9 Å². The number of nitrogens with one attached hydrogen (secondary N) is 3. The first-order valence-corrected chi connectivity index (χ1v) is 13.2. The van der Waals surface area contributed by atoms with Crippen molar-refractivity contribution in [3.05, 3.63) is 95.7 Å². The van der Waals surface area contributed by atoms with Crippen molar-refractivity contribution in [1.29, 1.82) is 0 Å². The van der Waals surface area contributed by atoms with Crippen LogP contribution in [-0.2, 0) is 17.9 Å². The van der Waals surface area contributed by atoms with Crippen molar-refractivity contribution in [2.24, 2.45) is 0 Å². The van der Waals surface area contributed by atoms with Gasteiger partial charge in [0, 0.05) is 48.7 Å². The van der Waals surface area contributed by atoms with E-state index in [0.717, 1.165) is 49.5 Å². The molecule has 0 saturated carbocycles. The highest BCUT2D eigenvalue weighted by molar-refractivity contribution is 5.79. The Hall–Kier alpha value is -3.32. The number of hydrogen-bond donors (Lipinski definition) is 3. The van der Waals surface area contributed by atoms with Crippen molar-refractivity contribution in [2.75, 3.05) is 33.4 Å². The van der Waals surface area contributed by atoms with Crippen LogP contribution in [0.5, 0.6) is 11.5 Å². The molecule has 6 nitrogen and oxygen atoms in total. The first-order chi connectivity index (χ1) is 18.3. The molecule has 0 spiro atoms. The Morgan fingerprint density at radius 3 is 2.76 bits per heavy atom. The number of aromatic nitrogens is 1. The van der Waals surface area contributed by atoms with Gasteiger partial charge in [0.2, 0.25) is 0 Å². The van der Waals surface area contributed by atoms with Crippen LogP contribution < -0.4 is 20.1 Å². The summed E-state index contributed by atoms with van der Waals surface area (Å²) in [5.41, 5.74) is 4.93. The maximum Gasteiger partial charge on any atom is 0.124 e. The molecule has 6 heteroatoms. The highest BCUT2D eigenvalue weighted by Gasteiger charge is 2.26. The van der Waals surface area contributed by atoms with Gasteiger partial charge in [0.05, 0.1) is 26.9 Å². The third-order valence-corrected chi connectivity index (χ3v) is 7.13. The molecule has 1 saturated heterocycles. The Kier molecular flexibility index (Phi) is 8.74. The lowest BCUT2D eigenvalue weighted by Gasteiger charge is -2.33. The number of ether oxygens (including phenoxy) is 3. The maximum atomic E-state index is 5.97. The van der Waals surface area contributed by atoms with Gasteiger partial charge in [0.15, 0.2) is 0 Å². The fourth-order valence-electron chi connectivity index (χ4n) is 5.10. The number of aromatic amines is 1. The lowest BCUT2D eigenvalue weighted by molar-refractivity contribution is 0.105. The third-order valence-electron chi connectivity index (χ3n) is 7.13. The molecule has 3 N–H and O–H groups in total. The second kappa shape index (κ2) is 12.8. The zero-order valence-corrected chi connectivity index (χ0v) is 21.5. The molecular formula is C31H37N3O3. The van der Waals surface area contributed by atoms with Crippen LogP contribution in [0.15, 0.2) is 79.0 Å². The Bertz CT molecular complexity index is 1250. The summed E-state index contributed by atoms with van der Waals surface area (Å²) in [6.45, 7) is 4.72. The summed E-state index contributed by atoms with van der Waals surface area (Å²) in [5.74, 6) is 2.25. The minimum absolute atomic E-state index is 0.392. The van der Waals surface area contributed by atoms with Crippen LogP contribution in [0.2, 0.25) is 0 Å². The topological polar surface area (TPSA) is 67.5 Å². The molecule has 2 unspecified atom stereocenters. The Morgan fingerprint density at radius 1 is 0.973 bits per heavy atom. The summed E-state index contributed by atoms with van der Waals surface area (Å²) in [4.78, 5) is 3.27. The first kappa shape index (κ1) is 25.3. The van der Waals surface area contributed by atoms with Gasteiger partial charge >= 0.3 is 0 Å². The van der Waals surface area contributed by atoms with Gasteiger partial charge in [-0.15, -0.1) is 0 Å². The predicted molar refractivity (Wildman–Crippen MR) is 148 cm³/mol. The monoisotopic (exact) mass is 499 g/mol. The Balaban J connectivity index is 1.07. The number of hydrogen-bond acceptors (Lipinski definition) is 5. The summed E-state index contributed by atoms with van der Waals surface area (Å²) in [7, 11) is 1.69. The Labute approximate surface area is 219 Å². The van der Waals surface area contributed by atoms with Crippen LogP contribution in [0.4, 0.5) is 0 Å². The summed E-state index contributed by atoms with van der Waals surface area (Å²) >= 11 is 0. The quantitative estimate of drug-likeness (QED) is 0.228. The van der Waals surface area contributed by atoms with Crippen LogP contribution in [0, 0.1) is 0 Å². The van der Waals surface area contributed by atoms with Gasteiger partial charge in [-0.2, -0.15) is 0 Å². The number of rotatable bonds is 12. The van der Waals surface area contributed by atoms with E-state index < -0.39 is 0 Å². The van der Waals surface area contributed by atoms with Crippen LogP contribution >= 0.6 is 0 Å². The number of piperidine rings is 1. The molecule has 37 heavy (non-hydrogen) atoms. The normalized spacial score (nSPS) is 17.6. The third kappa shape index (κ3) is 6.72. The molecule has 194 valence electrons. The molecule has 0 amide bonds. The molecule has 5 rings (SSSR count). The summed E-state index contributed by atoms with van der Waals surface area (Å²) in [6.07, 6.45) is 3.96. The SMILES string of the molecule is COc1ccccc1COCCCOc1ccc(C2CCNCC2NCc2ccc3[nH]ccc3c2)cc1. The molecule has 0 aliphatic carbocycles. The smallest absolute Gasteiger partial charge is 0.124 e. The van der Waals surface area contributed by atoms with Gasteiger partial charge in [0.25, 0.3) is 0 Å². The second-order valence-electron chi connectivity index (χ2n) is 9.62. The number of methoxy groups -OCH3 is 1. The molecule has 1 aromatic heterocycles. The van der Waals surface area contributed by atoms with E-state index in [9.17, 15) is 0 Å². The van der Waals surface area contributed by atoms with E-state index in [-0.39, 0.29) is 0 Å². The van der Waals surface area contributed by atoms with Crippen LogP contribution in [-0.4, -0.2) is 44.4 Å². The summed E-state index contributed by atoms with van der Waals surface area (Å²) < 4.78 is 17.2. The molecule has 1 aliphatic rings. The lowest BCUT2D eigenvalue weighted by atomic mass is 9.86. The van der Waals surface area contributed by atoms with Gasteiger partial charge in [0.1, 0.15) is 11.5 Å². The standard InChI is InChI=1S/C31H37N3O3/c1-35-31-6-3-2-5-26(31)22-36-17-4-18-37-27-10-8-24(9-11-27)28-14-15-32-21-30(28)34-20-23-7-12-29-25(19-23)13-16-33-29/h2-3,5-13,16,19,28,30,32-34H,4,14-15,17-18,20-22H2,1H3. The average molecular weight is 500 g/mol. The minimum Gasteiger partial charge on any atom is -0.496 e. The zero-order valence-electron chi connectivity index (χ0n) is 21.5. The van der Waals surface area contributed by atoms with Crippen molar-refractivity contribution in [3.8, 4) is 11.5 Å². The molecule has 1 aliphatic heterocycles. The molecule has 0 radical (unpaired) electrons. The van der Waals surface area contributed by atoms with Gasteiger partial charge in [-0.3, -0.25) is 0 Å². The minimum atomic E-state index is 0.392. The number of fused-ring (bicyclic) bond motifs is 1. The highest BCUT2D eigenvalue weighted by atomic mass is 16.5. The number of para-hydroxylation sites is 1. The van der Waals surface area contributed by atoms with Crippen molar-refractivity contribution in [3.63, 3.8) is 0 Å². The first-order valence-electron chi connectivity index (χ1n) is 13.2. The number of H-pyrrole nitrogens is 1. The van der Waals surface area contributed by atoms with Crippen molar-refractivity contribution in [2.45, 2.75) is 38.0 Å². The average Bonchev–Trinajstić information content (AvgIpc) is 3.42. The molecule has 0 bridgehead atoms. The summed E-state index contributed by atoms with van der Waals surface area (Å²) in [6, 6.07) is 25.8. The lowest BCUT2D eigenvalue weighted by Crippen LogP contribution is -2.47. The largest absolute Gasteiger partial charge is 0.496 e. The molecule has 1 fully saturated rings. The molecule has 3 aromatic carbocycles. The van der Waals surface area contributed by atoms with Gasteiger partial charge < -0.3 is 29.8 Å². The van der Waals surface area contributed by atoms with Gasteiger partial charge in [-0.1, -0.05) is 36.4 Å². The van der Waals surface area contributed by atoms with E-state index in [1.807, 2.05) is 30.5 Å². The van der Waals surface area contributed by atoms with Crippen molar-refractivity contribution >= 4 is 10.9 Å². The fourth-order valence-corrected chi connectivity index (χ4v) is 5.10. The number of benzene rings is 3. The van der Waals surface area contributed by atoms with E-state index >= 15 is 0 Å². The van der Waals surface area contributed by atoms with E-state index in [1.54, 1.807) is 7.11 Å². The Morgan fingerprint density at radius 2 is 1.86 bits per heavy atom. The van der Waals surface area contributed by atoms with E-state index in [2.05, 4.69) is 64.1 Å². The van der Waals surface area contributed by atoms with E-state index in [4.69, 9.17) is 14.2 Å². The van der Waals surface area contributed by atoms with Crippen molar-refractivity contribution < 1.29 is 14.2 Å².